The quantitative estimate of drug-likeness (QED) is 0.160. The first-order chi connectivity index (χ1) is 32.2. The highest BCUT2D eigenvalue weighted by molar-refractivity contribution is 6.23. The molecule has 0 fully saturated rings. The van der Waals surface area contributed by atoms with Crippen LogP contribution in [0, 0.1) is 0 Å². The minimum atomic E-state index is 0.869. The van der Waals surface area contributed by atoms with Crippen molar-refractivity contribution in [1.29, 1.82) is 0 Å². The summed E-state index contributed by atoms with van der Waals surface area (Å²) in [5, 5.41) is 9.58. The molecule has 0 saturated carbocycles. The number of furan rings is 1. The maximum Gasteiger partial charge on any atom is 0.160 e. The number of para-hydroxylation sites is 2. The summed E-state index contributed by atoms with van der Waals surface area (Å²) >= 11 is 0. The summed E-state index contributed by atoms with van der Waals surface area (Å²) in [6.07, 6.45) is 0. The van der Waals surface area contributed by atoms with Crippen LogP contribution in [-0.2, 0) is 0 Å². The van der Waals surface area contributed by atoms with Gasteiger partial charge in [-0.2, -0.15) is 0 Å². The Morgan fingerprint density at radius 3 is 1.57 bits per heavy atom. The van der Waals surface area contributed by atoms with E-state index in [-0.39, 0.29) is 0 Å². The van der Waals surface area contributed by atoms with E-state index in [9.17, 15) is 0 Å². The summed E-state index contributed by atoms with van der Waals surface area (Å²) in [6.45, 7) is 0. The molecule has 13 aromatic rings. The van der Waals surface area contributed by atoms with Crippen molar-refractivity contribution in [2.45, 2.75) is 0 Å². The molecular weight excluding hydrogens is 789 g/mol. The van der Waals surface area contributed by atoms with Crippen molar-refractivity contribution in [1.82, 2.24) is 4.57 Å². The molecule has 3 heteroatoms. The van der Waals surface area contributed by atoms with E-state index in [2.05, 4.69) is 246 Å². The van der Waals surface area contributed by atoms with Crippen LogP contribution in [0.2, 0.25) is 0 Å². The number of nitrogens with zero attached hydrogens (tertiary/aromatic N) is 2. The van der Waals surface area contributed by atoms with Crippen molar-refractivity contribution in [2.75, 3.05) is 4.90 Å². The predicted molar refractivity (Wildman–Crippen MR) is 274 cm³/mol. The van der Waals surface area contributed by atoms with Gasteiger partial charge in [-0.25, -0.2) is 0 Å². The van der Waals surface area contributed by atoms with Crippen LogP contribution in [0.1, 0.15) is 0 Å². The van der Waals surface area contributed by atoms with Crippen molar-refractivity contribution in [2.24, 2.45) is 0 Å². The lowest BCUT2D eigenvalue weighted by Crippen LogP contribution is -2.10. The van der Waals surface area contributed by atoms with Gasteiger partial charge >= 0.3 is 0 Å². The van der Waals surface area contributed by atoms with Gasteiger partial charge in [-0.3, -0.25) is 0 Å². The summed E-state index contributed by atoms with van der Waals surface area (Å²) in [5.74, 6) is 0. The molecule has 0 amide bonds. The van der Waals surface area contributed by atoms with Crippen molar-refractivity contribution >= 4 is 82.4 Å². The molecule has 13 rings (SSSR count). The normalized spacial score (nSPS) is 11.7. The molecule has 0 aliphatic heterocycles. The van der Waals surface area contributed by atoms with Crippen LogP contribution in [-0.4, -0.2) is 4.57 Å². The Morgan fingerprint density at radius 2 is 0.846 bits per heavy atom. The second-order valence-electron chi connectivity index (χ2n) is 16.9. The standard InChI is InChI=1S/C62H40N2O/c1-2-12-41(13-3-1)44-26-32-50(33-27-44)63(59-40-49-16-6-7-17-53(49)61-55-19-9-11-21-60(55)65-62(59)61)51-34-28-45(29-35-51)43-22-24-46(25-23-43)48-31-37-58-56(39-48)54-18-8-10-20-57(54)64(58)52-36-30-42-14-4-5-15-47(42)38-52/h1-40H. The van der Waals surface area contributed by atoms with Crippen molar-refractivity contribution in [3.8, 4) is 39.1 Å². The third kappa shape index (κ3) is 6.20. The largest absolute Gasteiger partial charge is 0.454 e. The first-order valence-corrected chi connectivity index (χ1v) is 22.2. The molecule has 0 saturated heterocycles. The molecule has 0 spiro atoms. The Bertz CT molecular complexity index is 3920. The smallest absolute Gasteiger partial charge is 0.160 e. The van der Waals surface area contributed by atoms with Crippen LogP contribution < -0.4 is 4.90 Å². The molecule has 0 radical (unpaired) electrons. The highest BCUT2D eigenvalue weighted by Gasteiger charge is 2.22. The van der Waals surface area contributed by atoms with E-state index >= 15 is 0 Å². The molecule has 0 N–H and O–H groups in total. The van der Waals surface area contributed by atoms with Crippen molar-refractivity contribution in [3.63, 3.8) is 0 Å². The number of hydrogen-bond acceptors (Lipinski definition) is 2. The van der Waals surface area contributed by atoms with Crippen LogP contribution in [0.15, 0.2) is 247 Å². The first kappa shape index (κ1) is 36.9. The first-order valence-electron chi connectivity index (χ1n) is 22.2. The van der Waals surface area contributed by atoms with Gasteiger partial charge in [0.05, 0.1) is 16.7 Å². The van der Waals surface area contributed by atoms with E-state index in [0.29, 0.717) is 0 Å². The SMILES string of the molecule is c1ccc(-c2ccc(N(c3ccc(-c4ccc(-c5ccc6c(c5)c5ccccc5n6-c5ccc6ccccc6c5)cc4)cc3)c3cc4ccccc4c4c3oc3ccccc34)cc2)cc1. The van der Waals surface area contributed by atoms with Crippen LogP contribution in [0.5, 0.6) is 0 Å². The number of aromatic nitrogens is 1. The summed E-state index contributed by atoms with van der Waals surface area (Å²) in [5.41, 5.74) is 15.5. The molecule has 65 heavy (non-hydrogen) atoms. The topological polar surface area (TPSA) is 21.3 Å². The van der Waals surface area contributed by atoms with Crippen molar-refractivity contribution < 1.29 is 4.42 Å². The van der Waals surface area contributed by atoms with E-state index < -0.39 is 0 Å². The molecule has 0 atom stereocenters. The maximum absolute atomic E-state index is 6.79. The van der Waals surface area contributed by atoms with Crippen molar-refractivity contribution in [3.05, 3.63) is 243 Å². The Morgan fingerprint density at radius 1 is 0.323 bits per heavy atom. The minimum absolute atomic E-state index is 0.869. The molecular formula is C62H40N2O. The van der Waals surface area contributed by atoms with Crippen LogP contribution in [0.4, 0.5) is 17.1 Å². The van der Waals surface area contributed by atoms with E-state index in [1.54, 1.807) is 0 Å². The molecule has 3 nitrogen and oxygen atoms in total. The van der Waals surface area contributed by atoms with Gasteiger partial charge in [0.25, 0.3) is 0 Å². The number of benzene rings is 11. The van der Waals surface area contributed by atoms with Gasteiger partial charge in [-0.05, 0) is 122 Å². The molecule has 304 valence electrons. The maximum atomic E-state index is 6.79. The Labute approximate surface area is 376 Å². The third-order valence-electron chi connectivity index (χ3n) is 13.2. The van der Waals surface area contributed by atoms with Crippen LogP contribution in [0.25, 0.3) is 104 Å². The van der Waals surface area contributed by atoms with E-state index in [0.717, 1.165) is 44.6 Å². The minimum Gasteiger partial charge on any atom is -0.454 e. The average Bonchev–Trinajstić information content (AvgIpc) is 3.94. The summed E-state index contributed by atoms with van der Waals surface area (Å²) in [4.78, 5) is 2.34. The second-order valence-corrected chi connectivity index (χ2v) is 16.9. The van der Waals surface area contributed by atoms with Gasteiger partial charge in [-0.1, -0.05) is 176 Å². The Balaban J connectivity index is 0.874. The van der Waals surface area contributed by atoms with E-state index in [1.165, 1.54) is 76.9 Å². The highest BCUT2D eigenvalue weighted by atomic mass is 16.3. The third-order valence-corrected chi connectivity index (χ3v) is 13.2. The zero-order valence-electron chi connectivity index (χ0n) is 35.4. The van der Waals surface area contributed by atoms with Gasteiger partial charge in [-0.15, -0.1) is 0 Å². The van der Waals surface area contributed by atoms with Gasteiger partial charge in [0.15, 0.2) is 5.58 Å². The van der Waals surface area contributed by atoms with Gasteiger partial charge in [0.2, 0.25) is 0 Å². The van der Waals surface area contributed by atoms with Gasteiger partial charge in [0.1, 0.15) is 5.58 Å². The number of rotatable bonds is 7. The zero-order valence-corrected chi connectivity index (χ0v) is 35.4. The van der Waals surface area contributed by atoms with Crippen LogP contribution in [0.3, 0.4) is 0 Å². The number of fused-ring (bicyclic) bond motifs is 9. The number of anilines is 3. The fourth-order valence-corrected chi connectivity index (χ4v) is 9.99. The monoisotopic (exact) mass is 828 g/mol. The lowest BCUT2D eigenvalue weighted by Gasteiger charge is -2.26. The fraction of sp³-hybridized carbons (Fsp3) is 0. The molecule has 2 aromatic heterocycles. The van der Waals surface area contributed by atoms with E-state index in [4.69, 9.17) is 4.42 Å². The van der Waals surface area contributed by atoms with Gasteiger partial charge < -0.3 is 13.9 Å². The zero-order chi connectivity index (χ0) is 42.8. The summed E-state index contributed by atoms with van der Waals surface area (Å²) in [7, 11) is 0. The van der Waals surface area contributed by atoms with Gasteiger partial charge in [0, 0.05) is 38.6 Å². The van der Waals surface area contributed by atoms with Crippen LogP contribution >= 0.6 is 0 Å². The summed E-state index contributed by atoms with van der Waals surface area (Å²) in [6, 6.07) is 87.6. The van der Waals surface area contributed by atoms with E-state index in [1.807, 2.05) is 6.07 Å². The Kier molecular flexibility index (Phi) is 8.53. The lowest BCUT2D eigenvalue weighted by atomic mass is 9.98. The number of hydrogen-bond donors (Lipinski definition) is 0. The molecule has 0 bridgehead atoms. The molecule has 0 aliphatic carbocycles. The molecule has 2 heterocycles. The molecule has 0 unspecified atom stereocenters. The molecule has 11 aromatic carbocycles. The highest BCUT2D eigenvalue weighted by Crippen LogP contribution is 2.46. The lowest BCUT2D eigenvalue weighted by molar-refractivity contribution is 0.669. The molecule has 0 aliphatic rings. The predicted octanol–water partition coefficient (Wildman–Crippen LogP) is 17.5. The average molecular weight is 829 g/mol. The Hall–Kier alpha value is -8.66. The second kappa shape index (κ2) is 15.0. The summed E-state index contributed by atoms with van der Waals surface area (Å²) < 4.78 is 9.18. The fourth-order valence-electron chi connectivity index (χ4n) is 9.99.